The van der Waals surface area contributed by atoms with Crippen LogP contribution in [0.25, 0.3) is 11.5 Å². The average molecular weight is 429 g/mol. The zero-order chi connectivity index (χ0) is 19.4. The van der Waals surface area contributed by atoms with Crippen molar-refractivity contribution in [1.29, 1.82) is 0 Å². The van der Waals surface area contributed by atoms with Crippen LogP contribution in [0.5, 0.6) is 0 Å². The van der Waals surface area contributed by atoms with Gasteiger partial charge in [-0.15, -0.1) is 0 Å². The number of hydrogen-bond acceptors (Lipinski definition) is 5. The molecular weight excluding hydrogens is 412 g/mol. The van der Waals surface area contributed by atoms with Crippen LogP contribution in [-0.4, -0.2) is 28.5 Å². The van der Waals surface area contributed by atoms with Crippen LogP contribution in [0, 0.1) is 13.8 Å². The van der Waals surface area contributed by atoms with Gasteiger partial charge in [0.2, 0.25) is 5.91 Å². The molecule has 0 radical (unpaired) electrons. The molecule has 2 amide bonds. The Morgan fingerprint density at radius 3 is 2.48 bits per heavy atom. The van der Waals surface area contributed by atoms with Crippen molar-refractivity contribution in [3.05, 3.63) is 63.9 Å². The fourth-order valence-corrected chi connectivity index (χ4v) is 2.62. The molecule has 0 atom stereocenters. The zero-order valence-electron chi connectivity index (χ0n) is 14.7. The van der Waals surface area contributed by atoms with E-state index in [0.29, 0.717) is 23.0 Å². The van der Waals surface area contributed by atoms with Gasteiger partial charge in [-0.1, -0.05) is 21.1 Å². The lowest BCUT2D eigenvalue weighted by molar-refractivity contribution is -0.115. The van der Waals surface area contributed by atoms with Gasteiger partial charge >= 0.3 is 0 Å². The van der Waals surface area contributed by atoms with Gasteiger partial charge in [-0.25, -0.2) is 0 Å². The van der Waals surface area contributed by atoms with Crippen LogP contribution in [0.4, 0.5) is 5.69 Å². The third kappa shape index (κ3) is 4.79. The van der Waals surface area contributed by atoms with E-state index in [-0.39, 0.29) is 18.4 Å². The molecule has 1 heterocycles. The second kappa shape index (κ2) is 8.13. The molecule has 27 heavy (non-hydrogen) atoms. The van der Waals surface area contributed by atoms with E-state index < -0.39 is 0 Å². The predicted octanol–water partition coefficient (Wildman–Crippen LogP) is 3.48. The van der Waals surface area contributed by atoms with E-state index in [2.05, 4.69) is 36.7 Å². The maximum absolute atomic E-state index is 12.2. The first-order chi connectivity index (χ1) is 12.9. The van der Waals surface area contributed by atoms with Gasteiger partial charge in [0.1, 0.15) is 0 Å². The highest BCUT2D eigenvalue weighted by Crippen LogP contribution is 2.20. The van der Waals surface area contributed by atoms with Gasteiger partial charge in [-0.05, 0) is 61.9 Å². The topological polar surface area (TPSA) is 97.1 Å². The summed E-state index contributed by atoms with van der Waals surface area (Å²) in [5.41, 5.74) is 2.83. The Morgan fingerprint density at radius 2 is 1.85 bits per heavy atom. The van der Waals surface area contributed by atoms with Crippen molar-refractivity contribution in [3.63, 3.8) is 0 Å². The minimum absolute atomic E-state index is 0.126. The average Bonchev–Trinajstić information content (AvgIpc) is 3.09. The van der Waals surface area contributed by atoms with E-state index >= 15 is 0 Å². The van der Waals surface area contributed by atoms with E-state index in [9.17, 15) is 9.59 Å². The molecule has 0 aliphatic rings. The molecule has 2 N–H and O–H groups in total. The van der Waals surface area contributed by atoms with Gasteiger partial charge in [0.15, 0.2) is 5.82 Å². The van der Waals surface area contributed by atoms with Crippen LogP contribution < -0.4 is 10.6 Å². The van der Waals surface area contributed by atoms with Gasteiger partial charge in [0.25, 0.3) is 11.8 Å². The van der Waals surface area contributed by atoms with Gasteiger partial charge in [-0.3, -0.25) is 9.59 Å². The first-order valence-corrected chi connectivity index (χ1v) is 8.96. The van der Waals surface area contributed by atoms with Gasteiger partial charge in [0, 0.05) is 21.3 Å². The first kappa shape index (κ1) is 18.8. The lowest BCUT2D eigenvalue weighted by Gasteiger charge is -2.08. The van der Waals surface area contributed by atoms with Crippen LogP contribution >= 0.6 is 15.9 Å². The van der Waals surface area contributed by atoms with E-state index in [1.807, 2.05) is 19.1 Å². The smallest absolute Gasteiger partial charge is 0.257 e. The molecule has 0 bridgehead atoms. The number of halogens is 1. The summed E-state index contributed by atoms with van der Waals surface area (Å²) in [4.78, 5) is 28.4. The second-order valence-corrected chi connectivity index (χ2v) is 6.77. The number of anilines is 1. The summed E-state index contributed by atoms with van der Waals surface area (Å²) in [5.74, 6) is 0.288. The zero-order valence-corrected chi connectivity index (χ0v) is 16.3. The minimum atomic E-state index is -0.342. The number of rotatable bonds is 5. The summed E-state index contributed by atoms with van der Waals surface area (Å²) < 4.78 is 6.05. The summed E-state index contributed by atoms with van der Waals surface area (Å²) in [6, 6.07) is 12.2. The molecule has 1 aromatic heterocycles. The number of benzene rings is 2. The lowest BCUT2D eigenvalue weighted by atomic mass is 10.1. The highest BCUT2D eigenvalue weighted by Gasteiger charge is 2.11. The number of aromatic nitrogens is 2. The quantitative estimate of drug-likeness (QED) is 0.647. The number of nitrogens with zero attached hydrogens (tertiary/aromatic N) is 2. The number of hydrogen-bond donors (Lipinski definition) is 2. The van der Waals surface area contributed by atoms with Crippen molar-refractivity contribution in [1.82, 2.24) is 15.5 Å². The molecule has 0 unspecified atom stereocenters. The van der Waals surface area contributed by atoms with Crippen molar-refractivity contribution in [2.45, 2.75) is 13.8 Å². The maximum Gasteiger partial charge on any atom is 0.257 e. The van der Waals surface area contributed by atoms with Crippen molar-refractivity contribution in [3.8, 4) is 11.5 Å². The molecule has 0 saturated heterocycles. The summed E-state index contributed by atoms with van der Waals surface area (Å²) in [6.45, 7) is 3.54. The molecule has 7 nitrogen and oxygen atoms in total. The number of aryl methyl sites for hydroxylation is 2. The summed E-state index contributed by atoms with van der Waals surface area (Å²) in [5, 5.41) is 9.08. The van der Waals surface area contributed by atoms with E-state index in [1.54, 1.807) is 37.3 Å². The van der Waals surface area contributed by atoms with Gasteiger partial charge < -0.3 is 15.2 Å². The van der Waals surface area contributed by atoms with E-state index in [0.717, 1.165) is 15.6 Å². The normalized spacial score (nSPS) is 10.5. The Hall–Kier alpha value is -3.00. The SMILES string of the molecule is Cc1noc(-c2ccc(C(=O)NCC(=O)Nc3ccc(Br)c(C)c3)cc2)n1. The number of nitrogens with one attached hydrogen (secondary N) is 2. The maximum atomic E-state index is 12.2. The number of amides is 2. The number of carbonyl (C=O) groups is 2. The van der Waals surface area contributed by atoms with Crippen LogP contribution in [0.2, 0.25) is 0 Å². The number of carbonyl (C=O) groups excluding carboxylic acids is 2. The molecule has 0 aliphatic carbocycles. The molecule has 8 heteroatoms. The summed E-state index contributed by atoms with van der Waals surface area (Å²) in [7, 11) is 0. The largest absolute Gasteiger partial charge is 0.343 e. The van der Waals surface area contributed by atoms with Crippen molar-refractivity contribution in [2.75, 3.05) is 11.9 Å². The van der Waals surface area contributed by atoms with Crippen LogP contribution in [-0.2, 0) is 4.79 Å². The highest BCUT2D eigenvalue weighted by atomic mass is 79.9. The Bertz CT molecular complexity index is 983. The van der Waals surface area contributed by atoms with Crippen molar-refractivity contribution >= 4 is 33.4 Å². The lowest BCUT2D eigenvalue weighted by Crippen LogP contribution is -2.32. The first-order valence-electron chi connectivity index (χ1n) is 8.17. The summed E-state index contributed by atoms with van der Waals surface area (Å²) in [6.07, 6.45) is 0. The van der Waals surface area contributed by atoms with E-state index in [4.69, 9.17) is 4.52 Å². The third-order valence-electron chi connectivity index (χ3n) is 3.77. The van der Waals surface area contributed by atoms with Crippen LogP contribution in [0.15, 0.2) is 51.5 Å². The van der Waals surface area contributed by atoms with Crippen LogP contribution in [0.1, 0.15) is 21.7 Å². The molecule has 3 rings (SSSR count). The minimum Gasteiger partial charge on any atom is -0.343 e. The van der Waals surface area contributed by atoms with E-state index in [1.165, 1.54) is 0 Å². The Labute approximate surface area is 164 Å². The summed E-state index contributed by atoms with van der Waals surface area (Å²) >= 11 is 3.41. The molecule has 3 aromatic rings. The Kier molecular flexibility index (Phi) is 5.66. The van der Waals surface area contributed by atoms with Gasteiger partial charge in [0.05, 0.1) is 6.54 Å². The molecular formula is C19H17BrN4O3. The highest BCUT2D eigenvalue weighted by molar-refractivity contribution is 9.10. The van der Waals surface area contributed by atoms with Crippen LogP contribution in [0.3, 0.4) is 0 Å². The monoisotopic (exact) mass is 428 g/mol. The van der Waals surface area contributed by atoms with Gasteiger partial charge in [-0.2, -0.15) is 4.98 Å². The molecule has 0 aliphatic heterocycles. The van der Waals surface area contributed by atoms with Crippen molar-refractivity contribution in [2.24, 2.45) is 0 Å². The Balaban J connectivity index is 1.55. The second-order valence-electron chi connectivity index (χ2n) is 5.92. The molecule has 138 valence electrons. The molecule has 2 aromatic carbocycles. The standard InChI is InChI=1S/C19H17BrN4O3/c1-11-9-15(7-8-16(11)20)23-17(25)10-21-18(26)13-3-5-14(6-4-13)19-22-12(2)24-27-19/h3-9H,10H2,1-2H3,(H,21,26)(H,23,25). The molecule has 0 saturated carbocycles. The molecule has 0 spiro atoms. The third-order valence-corrected chi connectivity index (χ3v) is 4.66. The van der Waals surface area contributed by atoms with Crippen molar-refractivity contribution < 1.29 is 14.1 Å². The Morgan fingerprint density at radius 1 is 1.11 bits per heavy atom. The fourth-order valence-electron chi connectivity index (χ4n) is 2.37. The fraction of sp³-hybridized carbons (Fsp3) is 0.158. The molecule has 0 fully saturated rings. The predicted molar refractivity (Wildman–Crippen MR) is 104 cm³/mol.